The lowest BCUT2D eigenvalue weighted by atomic mass is 10.1. The van der Waals surface area contributed by atoms with E-state index in [2.05, 4.69) is 10.2 Å². The molecule has 0 radical (unpaired) electrons. The molecule has 3 rings (SSSR count). The minimum atomic E-state index is -0.321. The number of halogens is 2. The van der Waals surface area contributed by atoms with Crippen LogP contribution in [0.5, 0.6) is 0 Å². The fourth-order valence-electron chi connectivity index (χ4n) is 3.56. The van der Waals surface area contributed by atoms with Crippen molar-refractivity contribution in [3.63, 3.8) is 0 Å². The fraction of sp³-hybridized carbons (Fsp3) is 0.556. The Morgan fingerprint density at radius 3 is 2.56 bits per heavy atom. The first kappa shape index (κ1) is 18.5. The summed E-state index contributed by atoms with van der Waals surface area (Å²) in [5, 5.41) is 3.39. The number of nitrogens with zero attached hydrogens (tertiary/aromatic N) is 2. The fourth-order valence-corrected chi connectivity index (χ4v) is 3.86. The van der Waals surface area contributed by atoms with E-state index in [-0.39, 0.29) is 18.4 Å². The highest BCUT2D eigenvalue weighted by molar-refractivity contribution is 6.42. The van der Waals surface area contributed by atoms with Gasteiger partial charge in [-0.3, -0.25) is 14.5 Å². The number of hydrogen-bond acceptors (Lipinski definition) is 3. The number of amides is 2. The largest absolute Gasteiger partial charge is 0.343 e. The first-order valence-electron chi connectivity index (χ1n) is 8.79. The molecule has 1 atom stereocenters. The highest BCUT2D eigenvalue weighted by atomic mass is 35.5. The number of piperidine rings is 1. The first-order chi connectivity index (χ1) is 12.0. The lowest BCUT2D eigenvalue weighted by Crippen LogP contribution is -2.43. The topological polar surface area (TPSA) is 52.7 Å². The summed E-state index contributed by atoms with van der Waals surface area (Å²) in [5.41, 5.74) is 0.398. The second-order valence-electron chi connectivity index (χ2n) is 6.69. The summed E-state index contributed by atoms with van der Waals surface area (Å²) < 4.78 is 0. The minimum Gasteiger partial charge on any atom is -0.343 e. The second kappa shape index (κ2) is 8.39. The van der Waals surface area contributed by atoms with E-state index in [4.69, 9.17) is 23.2 Å². The summed E-state index contributed by atoms with van der Waals surface area (Å²) in [5.74, 6) is -0.355. The molecular weight excluding hydrogens is 361 g/mol. The minimum absolute atomic E-state index is 0.00575. The maximum absolute atomic E-state index is 12.4. The molecule has 2 fully saturated rings. The molecule has 25 heavy (non-hydrogen) atoms. The van der Waals surface area contributed by atoms with Gasteiger partial charge < -0.3 is 10.2 Å². The second-order valence-corrected chi connectivity index (χ2v) is 7.50. The molecule has 0 aliphatic carbocycles. The predicted octanol–water partition coefficient (Wildman–Crippen LogP) is 2.81. The van der Waals surface area contributed by atoms with Crippen molar-refractivity contribution in [2.75, 3.05) is 32.7 Å². The molecule has 136 valence electrons. The average molecular weight is 384 g/mol. The molecule has 1 aromatic carbocycles. The van der Waals surface area contributed by atoms with Crippen LogP contribution in [0.3, 0.4) is 0 Å². The molecule has 0 bridgehead atoms. The monoisotopic (exact) mass is 383 g/mol. The zero-order chi connectivity index (χ0) is 17.8. The molecule has 0 saturated carbocycles. The van der Waals surface area contributed by atoms with Gasteiger partial charge in [0.05, 0.1) is 16.6 Å². The van der Waals surface area contributed by atoms with Crippen molar-refractivity contribution >= 4 is 35.0 Å². The molecular formula is C18H23Cl2N3O2. The van der Waals surface area contributed by atoms with Crippen LogP contribution in [-0.2, 0) is 4.79 Å². The van der Waals surface area contributed by atoms with E-state index in [1.807, 2.05) is 4.90 Å². The SMILES string of the molecule is O=C(NCC(=O)N1CCC(N2CCCCC2)C1)c1ccc(Cl)c(Cl)c1. The molecule has 7 heteroatoms. The lowest BCUT2D eigenvalue weighted by molar-refractivity contribution is -0.129. The number of rotatable bonds is 4. The Hall–Kier alpha value is -1.30. The van der Waals surface area contributed by atoms with Gasteiger partial charge in [0.2, 0.25) is 5.91 Å². The molecule has 2 heterocycles. The molecule has 5 nitrogen and oxygen atoms in total. The Kier molecular flexibility index (Phi) is 6.20. The summed E-state index contributed by atoms with van der Waals surface area (Å²) in [6.07, 6.45) is 4.84. The Morgan fingerprint density at radius 2 is 1.84 bits per heavy atom. The third kappa shape index (κ3) is 4.66. The van der Waals surface area contributed by atoms with Crippen molar-refractivity contribution in [3.05, 3.63) is 33.8 Å². The maximum Gasteiger partial charge on any atom is 0.251 e. The number of likely N-dealkylation sites (tertiary alicyclic amines) is 2. The van der Waals surface area contributed by atoms with Crippen molar-refractivity contribution in [3.8, 4) is 0 Å². The molecule has 1 aromatic rings. The average Bonchev–Trinajstić information content (AvgIpc) is 3.12. The van der Waals surface area contributed by atoms with Gasteiger partial charge in [-0.1, -0.05) is 29.6 Å². The summed E-state index contributed by atoms with van der Waals surface area (Å²) >= 11 is 11.8. The molecule has 0 spiro atoms. The van der Waals surface area contributed by atoms with Gasteiger partial charge in [-0.2, -0.15) is 0 Å². The van der Waals surface area contributed by atoms with Crippen LogP contribution in [0.15, 0.2) is 18.2 Å². The number of carbonyl (C=O) groups is 2. The number of nitrogens with one attached hydrogen (secondary N) is 1. The molecule has 2 aliphatic heterocycles. The van der Waals surface area contributed by atoms with Gasteiger partial charge in [-0.15, -0.1) is 0 Å². The van der Waals surface area contributed by atoms with Gasteiger partial charge in [0.25, 0.3) is 5.91 Å². The third-order valence-electron chi connectivity index (χ3n) is 5.01. The molecule has 1 unspecified atom stereocenters. The summed E-state index contributed by atoms with van der Waals surface area (Å²) in [6.45, 7) is 3.82. The smallest absolute Gasteiger partial charge is 0.251 e. The van der Waals surface area contributed by atoms with Crippen LogP contribution in [0.2, 0.25) is 10.0 Å². The molecule has 1 N–H and O–H groups in total. The summed E-state index contributed by atoms with van der Waals surface area (Å²) in [6, 6.07) is 5.14. The van der Waals surface area contributed by atoms with Gasteiger partial charge in [0.1, 0.15) is 0 Å². The Labute approximate surface area is 158 Å². The Balaban J connectivity index is 1.47. The quantitative estimate of drug-likeness (QED) is 0.869. The number of carbonyl (C=O) groups excluding carboxylic acids is 2. The highest BCUT2D eigenvalue weighted by Crippen LogP contribution is 2.23. The van der Waals surface area contributed by atoms with Gasteiger partial charge in [-0.05, 0) is 50.6 Å². The van der Waals surface area contributed by atoms with Crippen LogP contribution in [0, 0.1) is 0 Å². The number of benzene rings is 1. The normalized spacial score (nSPS) is 21.4. The van der Waals surface area contributed by atoms with Crippen molar-refractivity contribution in [1.29, 1.82) is 0 Å². The van der Waals surface area contributed by atoms with Crippen LogP contribution < -0.4 is 5.32 Å². The van der Waals surface area contributed by atoms with E-state index in [9.17, 15) is 9.59 Å². The zero-order valence-corrected chi connectivity index (χ0v) is 15.7. The predicted molar refractivity (Wildman–Crippen MR) is 99.2 cm³/mol. The van der Waals surface area contributed by atoms with E-state index in [0.29, 0.717) is 21.7 Å². The number of hydrogen-bond donors (Lipinski definition) is 1. The van der Waals surface area contributed by atoms with Gasteiger partial charge in [-0.25, -0.2) is 0 Å². The standard InChI is InChI=1S/C18H23Cl2N3O2/c19-15-5-4-13(10-16(15)20)18(25)21-11-17(24)23-9-6-14(12-23)22-7-2-1-3-8-22/h4-5,10,14H,1-3,6-9,11-12H2,(H,21,25). The van der Waals surface area contributed by atoms with E-state index in [0.717, 1.165) is 32.6 Å². The van der Waals surface area contributed by atoms with Crippen LogP contribution in [0.1, 0.15) is 36.0 Å². The van der Waals surface area contributed by atoms with Gasteiger partial charge >= 0.3 is 0 Å². The van der Waals surface area contributed by atoms with Crippen molar-refractivity contribution in [2.45, 2.75) is 31.7 Å². The van der Waals surface area contributed by atoms with Crippen molar-refractivity contribution in [2.24, 2.45) is 0 Å². The molecule has 2 saturated heterocycles. The van der Waals surface area contributed by atoms with E-state index >= 15 is 0 Å². The highest BCUT2D eigenvalue weighted by Gasteiger charge is 2.30. The van der Waals surface area contributed by atoms with E-state index in [1.165, 1.54) is 25.3 Å². The summed E-state index contributed by atoms with van der Waals surface area (Å²) in [4.78, 5) is 28.9. The van der Waals surface area contributed by atoms with Crippen LogP contribution >= 0.6 is 23.2 Å². The first-order valence-corrected chi connectivity index (χ1v) is 9.55. The van der Waals surface area contributed by atoms with Crippen molar-refractivity contribution < 1.29 is 9.59 Å². The molecule has 0 aromatic heterocycles. The van der Waals surface area contributed by atoms with Crippen LogP contribution in [0.4, 0.5) is 0 Å². The van der Waals surface area contributed by atoms with Crippen molar-refractivity contribution in [1.82, 2.24) is 15.1 Å². The summed E-state index contributed by atoms with van der Waals surface area (Å²) in [7, 11) is 0. The maximum atomic E-state index is 12.4. The zero-order valence-electron chi connectivity index (χ0n) is 14.1. The van der Waals surface area contributed by atoms with Crippen LogP contribution in [-0.4, -0.2) is 60.4 Å². The van der Waals surface area contributed by atoms with E-state index in [1.54, 1.807) is 12.1 Å². The molecule has 2 amide bonds. The Bertz CT molecular complexity index is 647. The third-order valence-corrected chi connectivity index (χ3v) is 5.74. The lowest BCUT2D eigenvalue weighted by Gasteiger charge is -2.32. The van der Waals surface area contributed by atoms with Crippen LogP contribution in [0.25, 0.3) is 0 Å². The van der Waals surface area contributed by atoms with Gasteiger partial charge in [0.15, 0.2) is 0 Å². The van der Waals surface area contributed by atoms with Gasteiger partial charge in [0, 0.05) is 24.7 Å². The Morgan fingerprint density at radius 1 is 1.08 bits per heavy atom. The molecule has 2 aliphatic rings. The van der Waals surface area contributed by atoms with E-state index < -0.39 is 0 Å².